The Kier molecular flexibility index (Phi) is 3.49. The summed E-state index contributed by atoms with van der Waals surface area (Å²) in [6.07, 6.45) is 0. The third-order valence-electron chi connectivity index (χ3n) is 3.34. The van der Waals surface area contributed by atoms with Gasteiger partial charge in [0, 0.05) is 20.1 Å². The van der Waals surface area contributed by atoms with Gasteiger partial charge in [-0.25, -0.2) is 0 Å². The Morgan fingerprint density at radius 2 is 2.22 bits per heavy atom. The van der Waals surface area contributed by atoms with Crippen molar-refractivity contribution in [3.05, 3.63) is 29.8 Å². The molecule has 2 rings (SSSR count). The Morgan fingerprint density at radius 1 is 1.50 bits per heavy atom. The zero-order valence-electron chi connectivity index (χ0n) is 10.3. The SMILES string of the molecule is CN1C(=O)CN(c2ccccc2C#N)CC1CN. The first-order chi connectivity index (χ1) is 8.67. The van der Waals surface area contributed by atoms with Crippen LogP contribution in [0.15, 0.2) is 24.3 Å². The van der Waals surface area contributed by atoms with Crippen molar-refractivity contribution in [3.63, 3.8) is 0 Å². The summed E-state index contributed by atoms with van der Waals surface area (Å²) in [5.74, 6) is 0.0319. The van der Waals surface area contributed by atoms with E-state index in [9.17, 15) is 4.79 Å². The molecular formula is C13H16N4O. The van der Waals surface area contributed by atoms with Crippen molar-refractivity contribution in [2.24, 2.45) is 5.73 Å². The average molecular weight is 244 g/mol. The van der Waals surface area contributed by atoms with Crippen LogP contribution in [0.2, 0.25) is 0 Å². The van der Waals surface area contributed by atoms with Crippen LogP contribution in [0.3, 0.4) is 0 Å². The van der Waals surface area contributed by atoms with Crippen molar-refractivity contribution in [2.45, 2.75) is 6.04 Å². The number of amides is 1. The van der Waals surface area contributed by atoms with Crippen molar-refractivity contribution in [3.8, 4) is 6.07 Å². The first kappa shape index (κ1) is 12.4. The van der Waals surface area contributed by atoms with Gasteiger partial charge < -0.3 is 15.5 Å². The van der Waals surface area contributed by atoms with E-state index >= 15 is 0 Å². The molecule has 5 heteroatoms. The number of hydrogen-bond donors (Lipinski definition) is 1. The van der Waals surface area contributed by atoms with Crippen LogP contribution >= 0.6 is 0 Å². The van der Waals surface area contributed by atoms with Crippen molar-refractivity contribution in [1.82, 2.24) is 4.90 Å². The molecule has 0 aromatic heterocycles. The molecule has 1 unspecified atom stereocenters. The number of benzene rings is 1. The fourth-order valence-electron chi connectivity index (χ4n) is 2.18. The molecule has 5 nitrogen and oxygen atoms in total. The Balaban J connectivity index is 2.29. The van der Waals surface area contributed by atoms with Gasteiger partial charge in [0.15, 0.2) is 0 Å². The molecule has 2 N–H and O–H groups in total. The highest BCUT2D eigenvalue weighted by atomic mass is 16.2. The standard InChI is InChI=1S/C13H16N4O/c1-16-11(7-15)8-17(9-13(16)18)12-5-3-2-4-10(12)6-14/h2-5,11H,7-9,15H2,1H3. The van der Waals surface area contributed by atoms with Gasteiger partial charge >= 0.3 is 0 Å². The van der Waals surface area contributed by atoms with Crippen LogP contribution in [0.1, 0.15) is 5.56 Å². The fourth-order valence-corrected chi connectivity index (χ4v) is 2.18. The summed E-state index contributed by atoms with van der Waals surface area (Å²) in [5.41, 5.74) is 7.08. The maximum atomic E-state index is 11.9. The van der Waals surface area contributed by atoms with Gasteiger partial charge in [0.25, 0.3) is 0 Å². The molecule has 0 bridgehead atoms. The molecule has 1 atom stereocenters. The summed E-state index contributed by atoms with van der Waals surface area (Å²) in [6.45, 7) is 1.39. The summed E-state index contributed by atoms with van der Waals surface area (Å²) in [4.78, 5) is 15.5. The van der Waals surface area contributed by atoms with Gasteiger partial charge in [0.1, 0.15) is 6.07 Å². The van der Waals surface area contributed by atoms with Gasteiger partial charge in [0.05, 0.1) is 23.8 Å². The van der Waals surface area contributed by atoms with Crippen LogP contribution < -0.4 is 10.6 Å². The van der Waals surface area contributed by atoms with Crippen molar-refractivity contribution in [2.75, 3.05) is 31.6 Å². The second-order valence-electron chi connectivity index (χ2n) is 4.40. The van der Waals surface area contributed by atoms with E-state index < -0.39 is 0 Å². The van der Waals surface area contributed by atoms with Gasteiger partial charge in [0.2, 0.25) is 5.91 Å². The van der Waals surface area contributed by atoms with Crippen LogP contribution in [-0.2, 0) is 4.79 Å². The lowest BCUT2D eigenvalue weighted by Crippen LogP contribution is -2.57. The Hall–Kier alpha value is -2.06. The van der Waals surface area contributed by atoms with Crippen LogP contribution in [0.5, 0.6) is 0 Å². The Morgan fingerprint density at radius 3 is 2.89 bits per heavy atom. The van der Waals surface area contributed by atoms with E-state index in [0.29, 0.717) is 25.2 Å². The molecule has 1 aliphatic heterocycles. The number of nitrogens with two attached hydrogens (primary N) is 1. The Bertz CT molecular complexity index is 494. The van der Waals surface area contributed by atoms with E-state index in [2.05, 4.69) is 6.07 Å². The monoisotopic (exact) mass is 244 g/mol. The molecule has 0 saturated carbocycles. The maximum Gasteiger partial charge on any atom is 0.242 e. The number of carbonyl (C=O) groups is 1. The third kappa shape index (κ3) is 2.15. The number of hydrogen-bond acceptors (Lipinski definition) is 4. The Labute approximate surface area is 106 Å². The van der Waals surface area contributed by atoms with E-state index in [1.54, 1.807) is 18.0 Å². The first-order valence-corrected chi connectivity index (χ1v) is 5.87. The number of carbonyl (C=O) groups excluding carboxylic acids is 1. The first-order valence-electron chi connectivity index (χ1n) is 5.87. The molecule has 0 radical (unpaired) electrons. The zero-order chi connectivity index (χ0) is 13.1. The predicted molar refractivity (Wildman–Crippen MR) is 69.0 cm³/mol. The lowest BCUT2D eigenvalue weighted by molar-refractivity contribution is -0.131. The molecule has 18 heavy (non-hydrogen) atoms. The van der Waals surface area contributed by atoms with Crippen LogP contribution in [-0.4, -0.2) is 43.5 Å². The summed E-state index contributed by atoms with van der Waals surface area (Å²) in [5, 5.41) is 9.09. The number of likely N-dealkylation sites (N-methyl/N-ethyl adjacent to an activating group) is 1. The van der Waals surface area contributed by atoms with Crippen LogP contribution in [0, 0.1) is 11.3 Å². The molecule has 1 aromatic carbocycles. The summed E-state index contributed by atoms with van der Waals surface area (Å²) in [6, 6.07) is 9.47. The molecule has 94 valence electrons. The molecule has 1 aromatic rings. The fraction of sp³-hybridized carbons (Fsp3) is 0.385. The minimum Gasteiger partial charge on any atom is -0.359 e. The number of nitrogens with zero attached hydrogens (tertiary/aromatic N) is 3. The number of piperazine rings is 1. The zero-order valence-corrected chi connectivity index (χ0v) is 10.3. The van der Waals surface area contributed by atoms with Gasteiger partial charge in [-0.3, -0.25) is 4.79 Å². The molecule has 1 fully saturated rings. The molecule has 1 saturated heterocycles. The predicted octanol–water partition coefficient (Wildman–Crippen LogP) is 0.164. The van der Waals surface area contributed by atoms with Crippen molar-refractivity contribution < 1.29 is 4.79 Å². The maximum absolute atomic E-state index is 11.9. The number of rotatable bonds is 2. The lowest BCUT2D eigenvalue weighted by atomic mass is 10.1. The summed E-state index contributed by atoms with van der Waals surface area (Å²) in [7, 11) is 1.77. The minimum atomic E-state index is -0.00185. The topological polar surface area (TPSA) is 73.4 Å². The van der Waals surface area contributed by atoms with Crippen molar-refractivity contribution in [1.29, 1.82) is 5.26 Å². The summed E-state index contributed by atoms with van der Waals surface area (Å²) >= 11 is 0. The molecule has 0 spiro atoms. The highest BCUT2D eigenvalue weighted by Crippen LogP contribution is 2.22. The number of anilines is 1. The second-order valence-corrected chi connectivity index (χ2v) is 4.40. The summed E-state index contributed by atoms with van der Waals surface area (Å²) < 4.78 is 0. The van der Waals surface area contributed by atoms with Gasteiger partial charge in [-0.2, -0.15) is 5.26 Å². The van der Waals surface area contributed by atoms with E-state index in [-0.39, 0.29) is 11.9 Å². The normalized spacial score (nSPS) is 19.8. The second kappa shape index (κ2) is 5.07. The quantitative estimate of drug-likeness (QED) is 0.804. The third-order valence-corrected chi connectivity index (χ3v) is 3.34. The van der Waals surface area contributed by atoms with Crippen molar-refractivity contribution >= 4 is 11.6 Å². The lowest BCUT2D eigenvalue weighted by Gasteiger charge is -2.39. The van der Waals surface area contributed by atoms with Crippen LogP contribution in [0.25, 0.3) is 0 Å². The van der Waals surface area contributed by atoms with Crippen LogP contribution in [0.4, 0.5) is 5.69 Å². The average Bonchev–Trinajstić information content (AvgIpc) is 2.41. The highest BCUT2D eigenvalue weighted by molar-refractivity contribution is 5.83. The van der Waals surface area contributed by atoms with E-state index in [1.807, 2.05) is 23.1 Å². The molecule has 1 aliphatic rings. The number of nitriles is 1. The largest absolute Gasteiger partial charge is 0.359 e. The van der Waals surface area contributed by atoms with E-state index in [4.69, 9.17) is 11.0 Å². The highest BCUT2D eigenvalue weighted by Gasteiger charge is 2.29. The molecular weight excluding hydrogens is 228 g/mol. The number of para-hydroxylation sites is 1. The smallest absolute Gasteiger partial charge is 0.242 e. The molecule has 0 aliphatic carbocycles. The van der Waals surface area contributed by atoms with E-state index in [0.717, 1.165) is 5.69 Å². The van der Waals surface area contributed by atoms with Gasteiger partial charge in [-0.1, -0.05) is 12.1 Å². The van der Waals surface area contributed by atoms with E-state index in [1.165, 1.54) is 0 Å². The van der Waals surface area contributed by atoms with Gasteiger partial charge in [-0.15, -0.1) is 0 Å². The molecule has 1 heterocycles. The van der Waals surface area contributed by atoms with Gasteiger partial charge in [-0.05, 0) is 12.1 Å². The molecule has 1 amide bonds. The minimum absolute atomic E-state index is 0.00185.